The monoisotopic (exact) mass is 715 g/mol. The maximum atomic E-state index is 13.5. The second-order valence-electron chi connectivity index (χ2n) is 7.20. The lowest BCUT2D eigenvalue weighted by Crippen LogP contribution is -2.74. The van der Waals surface area contributed by atoms with Crippen molar-refractivity contribution < 1.29 is 124 Å². The van der Waals surface area contributed by atoms with Crippen LogP contribution in [0.2, 0.25) is 0 Å². The summed E-state index contributed by atoms with van der Waals surface area (Å²) < 4.78 is 347. The molecular formula is C12F27N3O. The Bertz CT molecular complexity index is 1030. The lowest BCUT2D eigenvalue weighted by molar-refractivity contribution is -0.520. The van der Waals surface area contributed by atoms with Gasteiger partial charge in [0.25, 0.3) is 0 Å². The Labute approximate surface area is 212 Å². The summed E-state index contributed by atoms with van der Waals surface area (Å²) >= 11 is 0. The van der Waals surface area contributed by atoms with Gasteiger partial charge >= 0.3 is 71.7 Å². The van der Waals surface area contributed by atoms with Crippen LogP contribution in [0.15, 0.2) is 0 Å². The predicted octanol–water partition coefficient (Wildman–Crippen LogP) is 7.70. The molecule has 43 heavy (non-hydrogen) atoms. The highest BCUT2D eigenvalue weighted by Gasteiger charge is 2.94. The molecule has 4 nitrogen and oxygen atoms in total. The molecule has 0 bridgehead atoms. The van der Waals surface area contributed by atoms with Gasteiger partial charge in [-0.3, -0.25) is 4.79 Å². The van der Waals surface area contributed by atoms with Crippen LogP contribution in [0.25, 0.3) is 0 Å². The number of hydrogen-bond donors (Lipinski definition) is 0. The maximum absolute atomic E-state index is 13.5. The normalized spacial score (nSPS) is 16.3. The van der Waals surface area contributed by atoms with Gasteiger partial charge in [-0.2, -0.15) is 105 Å². The fraction of sp³-hybridized carbons (Fsp3) is 0.917. The minimum Gasteiger partial charge on any atom is -0.263 e. The summed E-state index contributed by atoms with van der Waals surface area (Å²) in [4.78, 5) is 10.9. The molecular weight excluding hydrogens is 715 g/mol. The molecule has 0 unspecified atom stereocenters. The van der Waals surface area contributed by atoms with Gasteiger partial charge in [0.1, 0.15) is 0 Å². The molecule has 0 fully saturated rings. The molecule has 1 amide bonds. The van der Waals surface area contributed by atoms with E-state index >= 15 is 0 Å². The number of alkyl halides is 24. The van der Waals surface area contributed by atoms with Gasteiger partial charge in [-0.25, -0.2) is 0 Å². The summed E-state index contributed by atoms with van der Waals surface area (Å²) in [6.45, 7) is 0. The average Bonchev–Trinajstić information content (AvgIpc) is 2.79. The van der Waals surface area contributed by atoms with E-state index in [4.69, 9.17) is 0 Å². The van der Waals surface area contributed by atoms with E-state index in [-0.39, 0.29) is 0 Å². The van der Waals surface area contributed by atoms with Crippen molar-refractivity contribution in [3.8, 4) is 0 Å². The quantitative estimate of drug-likeness (QED) is 0.0951. The van der Waals surface area contributed by atoms with E-state index in [1.807, 2.05) is 0 Å². The molecule has 31 heteroatoms. The van der Waals surface area contributed by atoms with Gasteiger partial charge < -0.3 is 0 Å². The van der Waals surface area contributed by atoms with Crippen molar-refractivity contribution in [1.82, 2.24) is 15.8 Å². The third-order valence-electron chi connectivity index (χ3n) is 4.41. The number of carbonyl (C=O) groups is 1. The van der Waals surface area contributed by atoms with Crippen LogP contribution in [-0.2, 0) is 4.79 Å². The first-order valence-electron chi connectivity index (χ1n) is 8.59. The third kappa shape index (κ3) is 5.29. The highest BCUT2D eigenvalue weighted by Crippen LogP contribution is 2.62. The number of nitrogens with zero attached hydrogens (tertiary/aromatic N) is 3. The first kappa shape index (κ1) is 40.5. The minimum atomic E-state index is -9.22. The van der Waals surface area contributed by atoms with E-state index < -0.39 is 87.5 Å². The van der Waals surface area contributed by atoms with Crippen LogP contribution in [0.1, 0.15) is 0 Å². The molecule has 0 aliphatic heterocycles. The molecule has 0 aliphatic rings. The zero-order chi connectivity index (χ0) is 35.8. The highest BCUT2D eigenvalue weighted by molar-refractivity contribution is 5.83. The first-order chi connectivity index (χ1) is 18.1. The predicted molar refractivity (Wildman–Crippen MR) is 70.5 cm³/mol. The summed E-state index contributed by atoms with van der Waals surface area (Å²) in [5.74, 6) is -76.0. The van der Waals surface area contributed by atoms with Crippen molar-refractivity contribution in [3.05, 3.63) is 0 Å². The topological polar surface area (TPSA) is 26.8 Å². The van der Waals surface area contributed by atoms with E-state index in [0.717, 1.165) is 0 Å². The second kappa shape index (κ2) is 10.3. The van der Waals surface area contributed by atoms with Crippen LogP contribution in [-0.4, -0.2) is 87.5 Å². The average molecular weight is 715 g/mol. The molecule has 0 radical (unpaired) electrons. The maximum Gasteiger partial charge on any atom is 0.460 e. The molecule has 258 valence electrons. The Morgan fingerprint density at radius 2 is 0.628 bits per heavy atom. The van der Waals surface area contributed by atoms with E-state index in [1.54, 1.807) is 0 Å². The smallest absolute Gasteiger partial charge is 0.263 e. The molecule has 0 rings (SSSR count). The van der Waals surface area contributed by atoms with Crippen molar-refractivity contribution >= 4 is 5.91 Å². The van der Waals surface area contributed by atoms with E-state index in [9.17, 15) is 124 Å². The van der Waals surface area contributed by atoms with Gasteiger partial charge in [0, 0.05) is 5.23 Å². The van der Waals surface area contributed by atoms with Crippen LogP contribution in [0.3, 0.4) is 0 Å². The fourth-order valence-electron chi connectivity index (χ4n) is 1.95. The molecule has 0 aliphatic carbocycles. The van der Waals surface area contributed by atoms with E-state index in [2.05, 4.69) is 0 Å². The van der Waals surface area contributed by atoms with Crippen molar-refractivity contribution in [3.63, 3.8) is 0 Å². The third-order valence-corrected chi connectivity index (χ3v) is 4.41. The lowest BCUT2D eigenvalue weighted by Gasteiger charge is -2.41. The Morgan fingerprint density at radius 3 is 0.930 bits per heavy atom. The summed E-state index contributed by atoms with van der Waals surface area (Å²) in [6.07, 6.45) is -16.0. The lowest BCUT2D eigenvalue weighted by atomic mass is 9.91. The Balaban J connectivity index is 6.79. The van der Waals surface area contributed by atoms with Gasteiger partial charge in [-0.1, -0.05) is 8.96 Å². The number of rotatable bonds is 11. The van der Waals surface area contributed by atoms with Gasteiger partial charge in [0.2, 0.25) is 0 Å². The number of amides is 1. The van der Waals surface area contributed by atoms with Gasteiger partial charge in [0.15, 0.2) is 0 Å². The zero-order valence-corrected chi connectivity index (χ0v) is 18.0. The van der Waals surface area contributed by atoms with Gasteiger partial charge in [0.05, 0.1) is 5.34 Å². The molecule has 0 spiro atoms. The van der Waals surface area contributed by atoms with Crippen LogP contribution in [0.5, 0.6) is 0 Å². The number of hydrogen-bond acceptors (Lipinski definition) is 3. The zero-order valence-electron chi connectivity index (χ0n) is 18.0. The summed E-state index contributed by atoms with van der Waals surface area (Å²) in [7, 11) is 0. The highest BCUT2D eigenvalue weighted by atomic mass is 19.4. The molecule has 0 aromatic heterocycles. The van der Waals surface area contributed by atoms with Crippen molar-refractivity contribution in [2.75, 3.05) is 0 Å². The van der Waals surface area contributed by atoms with Crippen molar-refractivity contribution in [2.45, 2.75) is 65.8 Å². The molecule has 0 saturated carbocycles. The molecule has 0 saturated heterocycles. The SMILES string of the molecule is O=C(N(F)N(F)N(F)C(F)(F)C(F)(F)C(F)(F)C(F)(F)F)C(F)(F)C(F)(F)C(F)(F)C(F)(F)C(F)(F)C(F)(F)C(F)(F)F. The fourth-order valence-corrected chi connectivity index (χ4v) is 1.95. The van der Waals surface area contributed by atoms with E-state index in [1.165, 1.54) is 0 Å². The molecule has 0 aromatic rings. The molecule has 0 atom stereocenters. The number of hydrazine groups is 2. The van der Waals surface area contributed by atoms with Gasteiger partial charge in [-0.05, 0) is 5.23 Å². The number of halogens is 27. The van der Waals surface area contributed by atoms with Crippen LogP contribution >= 0.6 is 0 Å². The number of carbonyl (C=O) groups excluding carboxylic acids is 1. The van der Waals surface area contributed by atoms with Crippen molar-refractivity contribution in [1.29, 1.82) is 0 Å². The second-order valence-corrected chi connectivity index (χ2v) is 7.20. The van der Waals surface area contributed by atoms with Crippen LogP contribution < -0.4 is 0 Å². The molecule has 0 aromatic carbocycles. The Kier molecular flexibility index (Phi) is 9.67. The van der Waals surface area contributed by atoms with Crippen molar-refractivity contribution in [2.24, 2.45) is 0 Å². The molecule has 0 N–H and O–H groups in total. The summed E-state index contributed by atoms with van der Waals surface area (Å²) in [6, 6.07) is -8.33. The summed E-state index contributed by atoms with van der Waals surface area (Å²) in [5.41, 5.74) is 0. The molecule has 0 heterocycles. The standard InChI is InChI=1S/C12F27N3O/c13-2(14,3(15,16)4(17,18)5(19,20)6(21,22)7(23,24)10(29,30)31)1(43)40(37)42(39)41(38)12(35,36)9(27,28)8(25,26)11(32,33)34. The largest absolute Gasteiger partial charge is 0.460 e. The Hall–Kier alpha value is -2.50. The van der Waals surface area contributed by atoms with Gasteiger partial charge in [-0.15, -0.1) is 4.48 Å². The Morgan fingerprint density at radius 1 is 0.372 bits per heavy atom. The first-order valence-corrected chi connectivity index (χ1v) is 8.59. The van der Waals surface area contributed by atoms with Crippen LogP contribution in [0.4, 0.5) is 119 Å². The summed E-state index contributed by atoms with van der Waals surface area (Å²) in [5, 5.41) is -13.3. The minimum absolute atomic E-state index is 4.35. The van der Waals surface area contributed by atoms with E-state index in [0.29, 0.717) is 0 Å². The van der Waals surface area contributed by atoms with Crippen LogP contribution in [0, 0.1) is 0 Å².